The quantitative estimate of drug-likeness (QED) is 0.510. The van der Waals surface area contributed by atoms with E-state index < -0.39 is 5.97 Å². The second-order valence-corrected chi connectivity index (χ2v) is 6.61. The molecule has 1 aliphatic rings. The van der Waals surface area contributed by atoms with Crippen LogP contribution in [0.15, 0.2) is 29.2 Å². The number of likely N-dealkylation sites (N-methyl/N-ethyl adjacent to an activating group) is 1. The molecular weight excluding hydrogens is 360 g/mol. The van der Waals surface area contributed by atoms with Crippen molar-refractivity contribution in [3.05, 3.63) is 57.3 Å². The highest BCUT2D eigenvalue weighted by atomic mass is 16.5. The van der Waals surface area contributed by atoms with Gasteiger partial charge in [0.25, 0.3) is 5.56 Å². The fourth-order valence-corrected chi connectivity index (χ4v) is 3.58. The van der Waals surface area contributed by atoms with Gasteiger partial charge < -0.3 is 15.0 Å². The number of H-pyrrole nitrogens is 1. The Balaban J connectivity index is 1.74. The third-order valence-electron chi connectivity index (χ3n) is 4.75. The third kappa shape index (κ3) is 2.96. The average Bonchev–Trinajstić information content (AvgIpc) is 3.24. The van der Waals surface area contributed by atoms with Gasteiger partial charge in [0.1, 0.15) is 0 Å². The van der Waals surface area contributed by atoms with Crippen LogP contribution in [-0.4, -0.2) is 39.4 Å². The Morgan fingerprint density at radius 3 is 2.89 bits per heavy atom. The Bertz CT molecular complexity index is 1160. The van der Waals surface area contributed by atoms with Gasteiger partial charge in [-0.25, -0.2) is 9.78 Å². The van der Waals surface area contributed by atoms with E-state index in [0.29, 0.717) is 25.1 Å². The number of amides is 1. The number of fused-ring (bicyclic) bond motifs is 5. The lowest BCUT2D eigenvalue weighted by Crippen LogP contribution is -2.24. The van der Waals surface area contributed by atoms with Crippen molar-refractivity contribution in [3.63, 3.8) is 0 Å². The molecule has 2 aromatic heterocycles. The summed E-state index contributed by atoms with van der Waals surface area (Å²) in [6.07, 6.45) is 2.42. The maximum Gasteiger partial charge on any atom is 0.358 e. The molecule has 0 aliphatic heterocycles. The van der Waals surface area contributed by atoms with E-state index in [-0.39, 0.29) is 29.4 Å². The molecule has 1 amide bonds. The maximum absolute atomic E-state index is 12.5. The lowest BCUT2D eigenvalue weighted by molar-refractivity contribution is -0.120. The van der Waals surface area contributed by atoms with Crippen LogP contribution in [0, 0.1) is 0 Å². The van der Waals surface area contributed by atoms with Gasteiger partial charge in [0.15, 0.2) is 5.69 Å². The summed E-state index contributed by atoms with van der Waals surface area (Å²) in [6, 6.07) is 5.79. The molecule has 8 nitrogen and oxygen atoms in total. The summed E-state index contributed by atoms with van der Waals surface area (Å²) in [5.74, 6) is -0.582. The number of carbonyl (C=O) groups excluding carboxylic acids is 2. The maximum atomic E-state index is 12.5. The molecule has 0 saturated carbocycles. The topological polar surface area (TPSA) is 106 Å². The molecule has 144 valence electrons. The summed E-state index contributed by atoms with van der Waals surface area (Å²) in [7, 11) is 0. The predicted octanol–water partition coefficient (Wildman–Crippen LogP) is 1.45. The minimum Gasteiger partial charge on any atom is -0.461 e. The van der Waals surface area contributed by atoms with Crippen molar-refractivity contribution in [3.8, 4) is 11.3 Å². The number of carbonyl (C=O) groups is 2. The second-order valence-electron chi connectivity index (χ2n) is 6.61. The van der Waals surface area contributed by atoms with Crippen molar-refractivity contribution >= 4 is 17.5 Å². The van der Waals surface area contributed by atoms with Crippen LogP contribution in [0.4, 0.5) is 0 Å². The van der Waals surface area contributed by atoms with Crippen LogP contribution in [-0.2, 0) is 22.4 Å². The van der Waals surface area contributed by atoms with Crippen molar-refractivity contribution in [1.29, 1.82) is 0 Å². The van der Waals surface area contributed by atoms with Crippen LogP contribution in [0.1, 0.15) is 41.2 Å². The van der Waals surface area contributed by atoms with E-state index in [1.165, 1.54) is 0 Å². The zero-order valence-corrected chi connectivity index (χ0v) is 15.7. The van der Waals surface area contributed by atoms with Gasteiger partial charge in [-0.2, -0.15) is 0 Å². The van der Waals surface area contributed by atoms with Crippen LogP contribution < -0.4 is 10.9 Å². The van der Waals surface area contributed by atoms with Crippen molar-refractivity contribution in [2.45, 2.75) is 26.7 Å². The molecule has 2 N–H and O–H groups in total. The first kappa shape index (κ1) is 18.0. The molecule has 0 bridgehead atoms. The standard InChI is InChI=1S/C20H20N4O4/c1-3-21-16(25)8-11-5-6-13-12(7-11)9-15-17(13)23-19(26)18-22-14(10-24(15)18)20(27)28-4-2/h5-7,10H,3-4,8-9H2,1-2H3,(H,21,25)(H,23,26). The summed E-state index contributed by atoms with van der Waals surface area (Å²) in [5, 5.41) is 2.79. The molecule has 28 heavy (non-hydrogen) atoms. The molecule has 3 aromatic rings. The minimum absolute atomic E-state index is 0.0255. The molecule has 1 aliphatic carbocycles. The highest BCUT2D eigenvalue weighted by Gasteiger charge is 2.25. The zero-order valence-electron chi connectivity index (χ0n) is 15.7. The first-order chi connectivity index (χ1) is 13.5. The summed E-state index contributed by atoms with van der Waals surface area (Å²) >= 11 is 0. The average molecular weight is 380 g/mol. The van der Waals surface area contributed by atoms with E-state index in [9.17, 15) is 14.4 Å². The monoisotopic (exact) mass is 380 g/mol. The largest absolute Gasteiger partial charge is 0.461 e. The number of aromatic amines is 1. The van der Waals surface area contributed by atoms with Gasteiger partial charge in [-0.1, -0.05) is 18.2 Å². The van der Waals surface area contributed by atoms with E-state index in [4.69, 9.17) is 4.74 Å². The van der Waals surface area contributed by atoms with Crippen LogP contribution >= 0.6 is 0 Å². The number of nitrogens with zero attached hydrogens (tertiary/aromatic N) is 2. The van der Waals surface area contributed by atoms with E-state index >= 15 is 0 Å². The van der Waals surface area contributed by atoms with Gasteiger partial charge in [0.2, 0.25) is 11.6 Å². The van der Waals surface area contributed by atoms with Gasteiger partial charge in [0, 0.05) is 24.7 Å². The van der Waals surface area contributed by atoms with Crippen LogP contribution in [0.25, 0.3) is 16.9 Å². The van der Waals surface area contributed by atoms with Crippen LogP contribution in [0.3, 0.4) is 0 Å². The first-order valence-corrected chi connectivity index (χ1v) is 9.22. The molecule has 8 heteroatoms. The molecule has 2 heterocycles. The number of hydrogen-bond acceptors (Lipinski definition) is 5. The van der Waals surface area contributed by atoms with E-state index in [2.05, 4.69) is 15.3 Å². The normalized spacial score (nSPS) is 11.9. The number of imidazole rings is 1. The lowest BCUT2D eigenvalue weighted by Gasteiger charge is -2.05. The predicted molar refractivity (Wildman–Crippen MR) is 102 cm³/mol. The number of ether oxygens (including phenoxy) is 1. The Kier molecular flexibility index (Phi) is 4.46. The molecule has 0 atom stereocenters. The smallest absolute Gasteiger partial charge is 0.358 e. The fourth-order valence-electron chi connectivity index (χ4n) is 3.58. The van der Waals surface area contributed by atoms with Gasteiger partial charge >= 0.3 is 5.97 Å². The van der Waals surface area contributed by atoms with Gasteiger partial charge in [-0.05, 0) is 25.0 Å². The van der Waals surface area contributed by atoms with E-state index in [1.807, 2.05) is 25.1 Å². The molecule has 4 rings (SSSR count). The Morgan fingerprint density at radius 1 is 1.32 bits per heavy atom. The summed E-state index contributed by atoms with van der Waals surface area (Å²) < 4.78 is 6.64. The molecule has 0 fully saturated rings. The number of benzene rings is 1. The van der Waals surface area contributed by atoms with Crippen molar-refractivity contribution in [2.75, 3.05) is 13.2 Å². The molecule has 0 spiro atoms. The number of aromatic nitrogens is 3. The van der Waals surface area contributed by atoms with E-state index in [1.54, 1.807) is 17.5 Å². The summed E-state index contributed by atoms with van der Waals surface area (Å²) in [4.78, 5) is 43.4. The Hall–Kier alpha value is -3.42. The van der Waals surface area contributed by atoms with E-state index in [0.717, 1.165) is 22.4 Å². The zero-order chi connectivity index (χ0) is 19.8. The van der Waals surface area contributed by atoms with Crippen molar-refractivity contribution < 1.29 is 14.3 Å². The molecule has 0 unspecified atom stereocenters. The van der Waals surface area contributed by atoms with Crippen molar-refractivity contribution in [2.24, 2.45) is 0 Å². The third-order valence-corrected chi connectivity index (χ3v) is 4.75. The minimum atomic E-state index is -0.556. The number of esters is 1. The molecular formula is C20H20N4O4. The lowest BCUT2D eigenvalue weighted by atomic mass is 10.0. The van der Waals surface area contributed by atoms with Crippen molar-refractivity contribution in [1.82, 2.24) is 19.7 Å². The molecule has 0 radical (unpaired) electrons. The van der Waals surface area contributed by atoms with Gasteiger partial charge in [-0.3, -0.25) is 14.0 Å². The van der Waals surface area contributed by atoms with Crippen LogP contribution in [0.2, 0.25) is 0 Å². The highest BCUT2D eigenvalue weighted by molar-refractivity contribution is 5.88. The molecule has 0 saturated heterocycles. The number of rotatable bonds is 5. The van der Waals surface area contributed by atoms with Crippen LogP contribution in [0.5, 0.6) is 0 Å². The van der Waals surface area contributed by atoms with Gasteiger partial charge in [0.05, 0.1) is 24.4 Å². The SMILES string of the molecule is CCNC(=O)Cc1ccc2c(c1)Cc1c-2[nH]c(=O)c2nc(C(=O)OCC)cn12. The summed E-state index contributed by atoms with van der Waals surface area (Å²) in [5.41, 5.74) is 4.31. The fraction of sp³-hybridized carbons (Fsp3) is 0.300. The van der Waals surface area contributed by atoms with Gasteiger partial charge in [-0.15, -0.1) is 0 Å². The number of hydrogen-bond donors (Lipinski definition) is 2. The highest BCUT2D eigenvalue weighted by Crippen LogP contribution is 2.35. The molecule has 1 aromatic carbocycles. The second kappa shape index (κ2) is 6.95. The number of nitrogens with one attached hydrogen (secondary N) is 2. The Labute approximate surface area is 160 Å². The Morgan fingerprint density at radius 2 is 2.14 bits per heavy atom. The first-order valence-electron chi connectivity index (χ1n) is 9.22. The summed E-state index contributed by atoms with van der Waals surface area (Å²) in [6.45, 7) is 4.43.